The van der Waals surface area contributed by atoms with Gasteiger partial charge in [-0.1, -0.05) is 48.0 Å². The molecule has 0 saturated heterocycles. The SMILES string of the molecule is C[C@@H](NC(=O)CNc1cc(CO)ccc1Cl)c1ccccc1. The molecule has 22 heavy (non-hydrogen) atoms. The van der Waals surface area contributed by atoms with E-state index in [2.05, 4.69) is 10.6 Å². The van der Waals surface area contributed by atoms with Gasteiger partial charge in [-0.15, -0.1) is 0 Å². The number of carbonyl (C=O) groups excluding carboxylic acids is 1. The average Bonchev–Trinajstić information content (AvgIpc) is 2.55. The molecule has 1 amide bonds. The molecule has 0 spiro atoms. The molecule has 0 aliphatic rings. The number of hydrogen-bond donors (Lipinski definition) is 3. The van der Waals surface area contributed by atoms with Crippen molar-refractivity contribution >= 4 is 23.2 Å². The van der Waals surface area contributed by atoms with Crippen molar-refractivity contribution in [3.8, 4) is 0 Å². The van der Waals surface area contributed by atoms with Gasteiger partial charge in [0.2, 0.25) is 5.91 Å². The number of aliphatic hydroxyl groups is 1. The predicted octanol–water partition coefficient (Wildman–Crippen LogP) is 3.12. The summed E-state index contributed by atoms with van der Waals surface area (Å²) in [5.74, 6) is -0.123. The molecule has 0 heterocycles. The Balaban J connectivity index is 1.90. The number of rotatable bonds is 6. The van der Waals surface area contributed by atoms with Crippen LogP contribution in [0.25, 0.3) is 0 Å². The summed E-state index contributed by atoms with van der Waals surface area (Å²) in [6, 6.07) is 14.9. The van der Waals surface area contributed by atoms with Crippen molar-refractivity contribution in [2.45, 2.75) is 19.6 Å². The van der Waals surface area contributed by atoms with Gasteiger partial charge < -0.3 is 15.7 Å². The Morgan fingerprint density at radius 2 is 1.95 bits per heavy atom. The van der Waals surface area contributed by atoms with Crippen LogP contribution >= 0.6 is 11.6 Å². The average molecular weight is 319 g/mol. The van der Waals surface area contributed by atoms with Crippen molar-refractivity contribution in [3.05, 3.63) is 64.7 Å². The molecule has 116 valence electrons. The largest absolute Gasteiger partial charge is 0.392 e. The minimum atomic E-state index is -0.123. The second-order valence-corrected chi connectivity index (χ2v) is 5.43. The molecular weight excluding hydrogens is 300 g/mol. The topological polar surface area (TPSA) is 61.4 Å². The number of carbonyl (C=O) groups is 1. The summed E-state index contributed by atoms with van der Waals surface area (Å²) in [5, 5.41) is 15.5. The first-order valence-corrected chi connectivity index (χ1v) is 7.45. The molecule has 0 fully saturated rings. The zero-order valence-electron chi connectivity index (χ0n) is 12.3. The van der Waals surface area contributed by atoms with E-state index >= 15 is 0 Å². The second-order valence-electron chi connectivity index (χ2n) is 5.03. The van der Waals surface area contributed by atoms with Crippen LogP contribution in [0.5, 0.6) is 0 Å². The van der Waals surface area contributed by atoms with Gasteiger partial charge in [0.25, 0.3) is 0 Å². The standard InChI is InChI=1S/C17H19ClN2O2/c1-12(14-5-3-2-4-6-14)20-17(22)10-19-16-9-13(11-21)7-8-15(16)18/h2-9,12,19,21H,10-11H2,1H3,(H,20,22)/t12-/m1/s1. The number of benzene rings is 2. The highest BCUT2D eigenvalue weighted by molar-refractivity contribution is 6.33. The van der Waals surface area contributed by atoms with Crippen LogP contribution in [-0.4, -0.2) is 17.6 Å². The van der Waals surface area contributed by atoms with Crippen LogP contribution in [0.2, 0.25) is 5.02 Å². The summed E-state index contributed by atoms with van der Waals surface area (Å²) in [6.07, 6.45) is 0. The summed E-state index contributed by atoms with van der Waals surface area (Å²) in [6.45, 7) is 1.99. The number of anilines is 1. The van der Waals surface area contributed by atoms with E-state index in [1.165, 1.54) is 0 Å². The Morgan fingerprint density at radius 1 is 1.23 bits per heavy atom. The first-order valence-electron chi connectivity index (χ1n) is 7.07. The third kappa shape index (κ3) is 4.48. The smallest absolute Gasteiger partial charge is 0.239 e. The molecule has 0 saturated carbocycles. The molecule has 2 rings (SSSR count). The lowest BCUT2D eigenvalue weighted by Crippen LogP contribution is -2.32. The van der Waals surface area contributed by atoms with Crippen molar-refractivity contribution in [2.24, 2.45) is 0 Å². The Morgan fingerprint density at radius 3 is 2.64 bits per heavy atom. The Hall–Kier alpha value is -2.04. The molecule has 5 heteroatoms. The minimum absolute atomic E-state index is 0.0604. The van der Waals surface area contributed by atoms with Crippen LogP contribution < -0.4 is 10.6 Å². The third-order valence-corrected chi connectivity index (χ3v) is 3.66. The normalized spacial score (nSPS) is 11.8. The van der Waals surface area contributed by atoms with E-state index < -0.39 is 0 Å². The lowest BCUT2D eigenvalue weighted by molar-refractivity contribution is -0.120. The fourth-order valence-electron chi connectivity index (χ4n) is 2.10. The van der Waals surface area contributed by atoms with E-state index in [-0.39, 0.29) is 25.1 Å². The fraction of sp³-hybridized carbons (Fsp3) is 0.235. The van der Waals surface area contributed by atoms with Gasteiger partial charge in [0.1, 0.15) is 0 Å². The highest BCUT2D eigenvalue weighted by Crippen LogP contribution is 2.22. The predicted molar refractivity (Wildman–Crippen MR) is 88.9 cm³/mol. The molecule has 0 aliphatic heterocycles. The molecule has 0 aromatic heterocycles. The van der Waals surface area contributed by atoms with Crippen LogP contribution in [-0.2, 0) is 11.4 Å². The molecule has 0 radical (unpaired) electrons. The Labute approximate surface area is 135 Å². The van der Waals surface area contributed by atoms with Crippen LogP contribution in [0, 0.1) is 0 Å². The van der Waals surface area contributed by atoms with Crippen molar-refractivity contribution < 1.29 is 9.90 Å². The molecule has 0 unspecified atom stereocenters. The maximum absolute atomic E-state index is 12.0. The zero-order chi connectivity index (χ0) is 15.9. The summed E-state index contributed by atoms with van der Waals surface area (Å²) < 4.78 is 0. The lowest BCUT2D eigenvalue weighted by atomic mass is 10.1. The highest BCUT2D eigenvalue weighted by Gasteiger charge is 2.10. The van der Waals surface area contributed by atoms with Gasteiger partial charge in [0.05, 0.1) is 29.9 Å². The van der Waals surface area contributed by atoms with Gasteiger partial charge in [-0.25, -0.2) is 0 Å². The molecule has 3 N–H and O–H groups in total. The highest BCUT2D eigenvalue weighted by atomic mass is 35.5. The summed E-state index contributed by atoms with van der Waals surface area (Å²) >= 11 is 6.06. The fourth-order valence-corrected chi connectivity index (χ4v) is 2.28. The first kappa shape index (κ1) is 16.3. The number of hydrogen-bond acceptors (Lipinski definition) is 3. The van der Waals surface area contributed by atoms with E-state index in [1.54, 1.807) is 18.2 Å². The van der Waals surface area contributed by atoms with Gasteiger partial charge >= 0.3 is 0 Å². The van der Waals surface area contributed by atoms with Crippen molar-refractivity contribution in [2.75, 3.05) is 11.9 Å². The molecule has 4 nitrogen and oxygen atoms in total. The zero-order valence-corrected chi connectivity index (χ0v) is 13.1. The van der Waals surface area contributed by atoms with Crippen LogP contribution in [0.4, 0.5) is 5.69 Å². The van der Waals surface area contributed by atoms with Gasteiger partial charge in [0.15, 0.2) is 0 Å². The molecular formula is C17H19ClN2O2. The second kappa shape index (κ2) is 7.82. The van der Waals surface area contributed by atoms with Crippen molar-refractivity contribution in [3.63, 3.8) is 0 Å². The summed E-state index contributed by atoms with van der Waals surface area (Å²) in [4.78, 5) is 12.0. The van der Waals surface area contributed by atoms with E-state index in [9.17, 15) is 4.79 Å². The van der Waals surface area contributed by atoms with Gasteiger partial charge in [-0.2, -0.15) is 0 Å². The molecule has 0 aliphatic carbocycles. The van der Waals surface area contributed by atoms with E-state index in [0.29, 0.717) is 10.7 Å². The lowest BCUT2D eigenvalue weighted by Gasteiger charge is -2.15. The summed E-state index contributed by atoms with van der Waals surface area (Å²) in [5.41, 5.74) is 2.43. The number of halogens is 1. The molecule has 2 aromatic rings. The van der Waals surface area contributed by atoms with Crippen molar-refractivity contribution in [1.82, 2.24) is 5.32 Å². The van der Waals surface area contributed by atoms with E-state index in [0.717, 1.165) is 11.1 Å². The number of nitrogens with one attached hydrogen (secondary N) is 2. The minimum Gasteiger partial charge on any atom is -0.392 e. The Kier molecular flexibility index (Phi) is 5.81. The van der Waals surface area contributed by atoms with Gasteiger partial charge in [-0.05, 0) is 30.2 Å². The quantitative estimate of drug-likeness (QED) is 0.767. The van der Waals surface area contributed by atoms with Crippen LogP contribution in [0.15, 0.2) is 48.5 Å². The summed E-state index contributed by atoms with van der Waals surface area (Å²) in [7, 11) is 0. The molecule has 2 aromatic carbocycles. The van der Waals surface area contributed by atoms with Gasteiger partial charge in [-0.3, -0.25) is 4.79 Å². The number of aliphatic hydroxyl groups excluding tert-OH is 1. The molecule has 1 atom stereocenters. The van der Waals surface area contributed by atoms with E-state index in [4.69, 9.17) is 16.7 Å². The Bertz CT molecular complexity index is 632. The third-order valence-electron chi connectivity index (χ3n) is 3.33. The van der Waals surface area contributed by atoms with Crippen LogP contribution in [0.1, 0.15) is 24.1 Å². The van der Waals surface area contributed by atoms with Crippen molar-refractivity contribution in [1.29, 1.82) is 0 Å². The van der Waals surface area contributed by atoms with E-state index in [1.807, 2.05) is 37.3 Å². The number of amides is 1. The monoisotopic (exact) mass is 318 g/mol. The maximum Gasteiger partial charge on any atom is 0.239 e. The molecule has 0 bridgehead atoms. The van der Waals surface area contributed by atoms with Gasteiger partial charge in [0, 0.05) is 0 Å². The maximum atomic E-state index is 12.0. The van der Waals surface area contributed by atoms with Crippen LogP contribution in [0.3, 0.4) is 0 Å². The first-order chi connectivity index (χ1) is 10.6.